The van der Waals surface area contributed by atoms with Crippen molar-refractivity contribution < 1.29 is 17.9 Å². The molecule has 0 fully saturated rings. The first-order valence-corrected chi connectivity index (χ1v) is 12.1. The van der Waals surface area contributed by atoms with Crippen LogP contribution >= 0.6 is 0 Å². The van der Waals surface area contributed by atoms with Crippen molar-refractivity contribution >= 4 is 27.1 Å². The first-order chi connectivity index (χ1) is 15.9. The number of rotatable bonds is 8. The Morgan fingerprint density at radius 3 is 2.48 bits per heavy atom. The third-order valence-corrected chi connectivity index (χ3v) is 7.29. The number of benzene rings is 2. The molecule has 0 aliphatic rings. The second-order valence-corrected chi connectivity index (χ2v) is 9.47. The fourth-order valence-electron chi connectivity index (χ4n) is 3.69. The van der Waals surface area contributed by atoms with Crippen LogP contribution in [0.3, 0.4) is 0 Å². The SMILES string of the molecule is CCN(c1cccc(-c2ccnc3c(C(=O)c4ccc(OC)cc4)ncn23)c1)S(=O)(=O)CC. The van der Waals surface area contributed by atoms with Crippen LogP contribution in [-0.2, 0) is 10.0 Å². The number of sulfonamides is 1. The van der Waals surface area contributed by atoms with E-state index in [1.165, 1.54) is 4.31 Å². The number of hydrogen-bond acceptors (Lipinski definition) is 6. The van der Waals surface area contributed by atoms with Crippen LogP contribution < -0.4 is 9.04 Å². The molecule has 0 unspecified atom stereocenters. The van der Waals surface area contributed by atoms with Crippen LogP contribution in [0.15, 0.2) is 67.1 Å². The van der Waals surface area contributed by atoms with Gasteiger partial charge in [0.1, 0.15) is 12.1 Å². The summed E-state index contributed by atoms with van der Waals surface area (Å²) in [7, 11) is -1.83. The van der Waals surface area contributed by atoms with E-state index in [9.17, 15) is 13.2 Å². The topological polar surface area (TPSA) is 93.9 Å². The summed E-state index contributed by atoms with van der Waals surface area (Å²) in [5, 5.41) is 0. The minimum atomic E-state index is -3.40. The minimum absolute atomic E-state index is 0.0168. The van der Waals surface area contributed by atoms with Crippen LogP contribution in [-0.4, -0.2) is 48.0 Å². The number of aromatic nitrogens is 3. The van der Waals surface area contributed by atoms with Crippen LogP contribution in [0.1, 0.15) is 29.9 Å². The number of hydrogen-bond donors (Lipinski definition) is 0. The van der Waals surface area contributed by atoms with Gasteiger partial charge < -0.3 is 4.74 Å². The molecule has 2 aromatic carbocycles. The zero-order valence-electron chi connectivity index (χ0n) is 18.6. The molecule has 2 aromatic heterocycles. The fourth-order valence-corrected chi connectivity index (χ4v) is 4.83. The smallest absolute Gasteiger partial charge is 0.234 e. The van der Waals surface area contributed by atoms with Crippen LogP contribution in [0.4, 0.5) is 5.69 Å². The number of carbonyl (C=O) groups excluding carboxylic acids is 1. The summed E-state index contributed by atoms with van der Waals surface area (Å²) < 4.78 is 33.3. The molecular formula is C24H24N4O4S. The molecule has 0 N–H and O–H groups in total. The maximum absolute atomic E-state index is 13.1. The van der Waals surface area contributed by atoms with Gasteiger partial charge in [-0.15, -0.1) is 0 Å². The van der Waals surface area contributed by atoms with Crippen LogP contribution in [0.5, 0.6) is 5.75 Å². The average molecular weight is 465 g/mol. The Morgan fingerprint density at radius 1 is 1.06 bits per heavy atom. The summed E-state index contributed by atoms with van der Waals surface area (Å²) in [6.45, 7) is 3.76. The molecular weight excluding hydrogens is 440 g/mol. The standard InChI is InChI=1S/C24H24N4O4S/c1-4-28(33(30,31)5-2)19-8-6-7-18(15-19)21-13-14-25-24-22(26-16-27(21)24)23(29)17-9-11-20(32-3)12-10-17/h6-16H,4-5H2,1-3H3. The van der Waals surface area contributed by atoms with Crippen LogP contribution in [0.25, 0.3) is 16.9 Å². The molecule has 0 aliphatic heterocycles. The van der Waals surface area contributed by atoms with E-state index >= 15 is 0 Å². The van der Waals surface area contributed by atoms with Crippen molar-refractivity contribution in [2.75, 3.05) is 23.7 Å². The van der Waals surface area contributed by atoms with Crippen molar-refractivity contribution in [2.24, 2.45) is 0 Å². The largest absolute Gasteiger partial charge is 0.497 e. The number of anilines is 1. The van der Waals surface area contributed by atoms with Gasteiger partial charge in [-0.05, 0) is 56.3 Å². The number of methoxy groups -OCH3 is 1. The summed E-state index contributed by atoms with van der Waals surface area (Å²) in [5.41, 5.74) is 3.25. The average Bonchev–Trinajstić information content (AvgIpc) is 3.28. The zero-order chi connectivity index (χ0) is 23.6. The van der Waals surface area contributed by atoms with Crippen molar-refractivity contribution in [1.29, 1.82) is 0 Å². The summed E-state index contributed by atoms with van der Waals surface area (Å²) in [5.74, 6) is 0.431. The van der Waals surface area contributed by atoms with Crippen molar-refractivity contribution in [3.63, 3.8) is 0 Å². The third kappa shape index (κ3) is 4.19. The monoisotopic (exact) mass is 464 g/mol. The van der Waals surface area contributed by atoms with Crippen molar-refractivity contribution in [3.05, 3.63) is 78.4 Å². The number of fused-ring (bicyclic) bond motifs is 1. The zero-order valence-corrected chi connectivity index (χ0v) is 19.4. The minimum Gasteiger partial charge on any atom is -0.497 e. The highest BCUT2D eigenvalue weighted by molar-refractivity contribution is 7.92. The Kier molecular flexibility index (Phi) is 6.15. The van der Waals surface area contributed by atoms with Gasteiger partial charge in [0.25, 0.3) is 0 Å². The second-order valence-electron chi connectivity index (χ2n) is 7.29. The normalized spacial score (nSPS) is 11.5. The Bertz CT molecular complexity index is 1410. The van der Waals surface area contributed by atoms with Gasteiger partial charge in [0, 0.05) is 23.9 Å². The molecule has 0 saturated heterocycles. The molecule has 8 nitrogen and oxygen atoms in total. The highest BCUT2D eigenvalue weighted by Crippen LogP contribution is 2.28. The Balaban J connectivity index is 1.76. The summed E-state index contributed by atoms with van der Waals surface area (Å²) in [6, 6.07) is 15.9. The summed E-state index contributed by atoms with van der Waals surface area (Å²) in [4.78, 5) is 21.8. The van der Waals surface area contributed by atoms with E-state index < -0.39 is 10.0 Å². The molecule has 0 bridgehead atoms. The van der Waals surface area contributed by atoms with Gasteiger partial charge >= 0.3 is 0 Å². The molecule has 0 amide bonds. The van der Waals surface area contributed by atoms with E-state index in [0.29, 0.717) is 29.2 Å². The van der Waals surface area contributed by atoms with E-state index in [1.807, 2.05) is 18.2 Å². The van der Waals surface area contributed by atoms with Crippen molar-refractivity contribution in [1.82, 2.24) is 14.4 Å². The molecule has 0 atom stereocenters. The lowest BCUT2D eigenvalue weighted by atomic mass is 10.1. The van der Waals surface area contributed by atoms with Gasteiger partial charge in [-0.25, -0.2) is 18.4 Å². The number of carbonyl (C=O) groups is 1. The lowest BCUT2D eigenvalue weighted by Crippen LogP contribution is -2.32. The fraction of sp³-hybridized carbons (Fsp3) is 0.208. The van der Waals surface area contributed by atoms with Crippen LogP contribution in [0.2, 0.25) is 0 Å². The van der Waals surface area contributed by atoms with Gasteiger partial charge in [0.15, 0.2) is 11.3 Å². The summed E-state index contributed by atoms with van der Waals surface area (Å²) >= 11 is 0. The number of imidazole rings is 1. The number of ketones is 1. The van der Waals surface area contributed by atoms with Crippen molar-refractivity contribution in [2.45, 2.75) is 13.8 Å². The lowest BCUT2D eigenvalue weighted by Gasteiger charge is -2.22. The van der Waals surface area contributed by atoms with Gasteiger partial charge in [0.05, 0.1) is 24.2 Å². The molecule has 4 aromatic rings. The van der Waals surface area contributed by atoms with E-state index in [2.05, 4.69) is 9.97 Å². The molecule has 9 heteroatoms. The molecule has 0 aliphatic carbocycles. The highest BCUT2D eigenvalue weighted by Gasteiger charge is 2.21. The van der Waals surface area contributed by atoms with E-state index in [-0.39, 0.29) is 17.2 Å². The summed E-state index contributed by atoms with van der Waals surface area (Å²) in [6.07, 6.45) is 3.17. The van der Waals surface area contributed by atoms with Gasteiger partial charge in [0.2, 0.25) is 15.8 Å². The van der Waals surface area contributed by atoms with Gasteiger partial charge in [-0.2, -0.15) is 0 Å². The predicted octanol–water partition coefficient (Wildman–Crippen LogP) is 3.81. The van der Waals surface area contributed by atoms with E-state index in [4.69, 9.17) is 4.74 Å². The lowest BCUT2D eigenvalue weighted by molar-refractivity contribution is 0.103. The second kappa shape index (κ2) is 9.03. The Labute approximate surface area is 192 Å². The van der Waals surface area contributed by atoms with E-state index in [0.717, 1.165) is 11.3 Å². The molecule has 0 spiro atoms. The molecule has 4 rings (SSSR count). The molecule has 0 radical (unpaired) electrons. The van der Waals surface area contributed by atoms with Gasteiger partial charge in [-0.1, -0.05) is 12.1 Å². The Morgan fingerprint density at radius 2 is 1.82 bits per heavy atom. The molecule has 2 heterocycles. The molecule has 33 heavy (non-hydrogen) atoms. The van der Waals surface area contributed by atoms with Gasteiger partial charge in [-0.3, -0.25) is 13.5 Å². The maximum atomic E-state index is 13.1. The highest BCUT2D eigenvalue weighted by atomic mass is 32.2. The van der Waals surface area contributed by atoms with E-state index in [1.54, 1.807) is 74.3 Å². The quantitative estimate of drug-likeness (QED) is 0.368. The molecule has 0 saturated carbocycles. The first kappa shape index (κ1) is 22.5. The Hall–Kier alpha value is -3.72. The maximum Gasteiger partial charge on any atom is 0.234 e. The predicted molar refractivity (Wildman–Crippen MR) is 127 cm³/mol. The number of nitrogens with zero attached hydrogens (tertiary/aromatic N) is 4. The van der Waals surface area contributed by atoms with Crippen molar-refractivity contribution in [3.8, 4) is 17.0 Å². The molecule has 170 valence electrons. The third-order valence-electron chi connectivity index (χ3n) is 5.42. The number of ether oxygens (including phenoxy) is 1. The first-order valence-electron chi connectivity index (χ1n) is 10.5. The van der Waals surface area contributed by atoms with Crippen LogP contribution in [0, 0.1) is 0 Å².